The Morgan fingerprint density at radius 3 is 2.91 bits per heavy atom. The molecule has 0 atom stereocenters. The van der Waals surface area contributed by atoms with Crippen LogP contribution in [-0.2, 0) is 11.2 Å². The van der Waals surface area contributed by atoms with Gasteiger partial charge in [-0.05, 0) is 23.9 Å². The van der Waals surface area contributed by atoms with Crippen LogP contribution in [0.2, 0.25) is 0 Å². The van der Waals surface area contributed by atoms with Gasteiger partial charge in [0.1, 0.15) is 0 Å². The van der Waals surface area contributed by atoms with Crippen molar-refractivity contribution in [2.45, 2.75) is 13.3 Å². The Bertz CT molecular complexity index is 254. The summed E-state index contributed by atoms with van der Waals surface area (Å²) in [7, 11) is 0. The average Bonchev–Trinajstić information content (AvgIpc) is 2.35. The van der Waals surface area contributed by atoms with Crippen LogP contribution in [0.1, 0.15) is 10.4 Å². The second-order valence-corrected chi connectivity index (χ2v) is 3.60. The van der Waals surface area contributed by atoms with E-state index in [1.807, 2.05) is 18.4 Å². The lowest BCUT2D eigenvalue weighted by Crippen LogP contribution is -2.15. The third kappa shape index (κ3) is 2.44. The van der Waals surface area contributed by atoms with E-state index in [9.17, 15) is 4.79 Å². The molecule has 2 N–H and O–H groups in total. The van der Waals surface area contributed by atoms with E-state index in [-0.39, 0.29) is 12.3 Å². The van der Waals surface area contributed by atoms with Crippen molar-refractivity contribution >= 4 is 17.1 Å². The van der Waals surface area contributed by atoms with Crippen molar-refractivity contribution in [3.63, 3.8) is 0 Å². The molecular weight excluding hydrogens is 158 g/mol. The van der Waals surface area contributed by atoms with Crippen LogP contribution in [0.3, 0.4) is 0 Å². The molecule has 0 saturated carbocycles. The van der Waals surface area contributed by atoms with Crippen molar-refractivity contribution in [3.8, 4) is 0 Å². The molecule has 0 aliphatic heterocycles. The summed E-state index contributed by atoms with van der Waals surface area (Å²) in [4.78, 5) is 12.1. The van der Waals surface area contributed by atoms with Crippen molar-refractivity contribution < 1.29 is 4.79 Å². The molecule has 1 rings (SSSR count). The van der Waals surface area contributed by atoms with E-state index in [2.05, 4.69) is 0 Å². The van der Waals surface area contributed by atoms with Crippen LogP contribution in [0.25, 0.3) is 0 Å². The summed E-state index contributed by atoms with van der Waals surface area (Å²) < 4.78 is 0. The number of carbonyl (C=O) groups is 1. The Kier molecular flexibility index (Phi) is 2.79. The monoisotopic (exact) mass is 169 g/mol. The van der Waals surface area contributed by atoms with Crippen LogP contribution in [0.15, 0.2) is 11.4 Å². The van der Waals surface area contributed by atoms with Gasteiger partial charge in [0.2, 0.25) is 0 Å². The summed E-state index contributed by atoms with van der Waals surface area (Å²) in [6.45, 7) is 2.18. The number of nitrogens with two attached hydrogens (primary N) is 1. The zero-order valence-electron chi connectivity index (χ0n) is 6.46. The first-order chi connectivity index (χ1) is 5.22. The van der Waals surface area contributed by atoms with E-state index >= 15 is 0 Å². The van der Waals surface area contributed by atoms with E-state index in [0.717, 1.165) is 5.56 Å². The molecule has 0 spiro atoms. The van der Waals surface area contributed by atoms with Gasteiger partial charge in [0, 0.05) is 11.3 Å². The third-order valence-corrected chi connectivity index (χ3v) is 2.32. The normalized spacial score (nSPS) is 10.0. The molecule has 11 heavy (non-hydrogen) atoms. The number of hydrogen-bond acceptors (Lipinski definition) is 3. The van der Waals surface area contributed by atoms with E-state index in [1.54, 1.807) is 11.3 Å². The first kappa shape index (κ1) is 8.43. The first-order valence-corrected chi connectivity index (χ1v) is 4.36. The highest BCUT2D eigenvalue weighted by Gasteiger charge is 2.01. The van der Waals surface area contributed by atoms with Crippen LogP contribution in [0.5, 0.6) is 0 Å². The van der Waals surface area contributed by atoms with Gasteiger partial charge in [-0.2, -0.15) is 0 Å². The fraction of sp³-hybridized carbons (Fsp3) is 0.375. The molecule has 0 aromatic carbocycles. The van der Waals surface area contributed by atoms with Gasteiger partial charge in [0.25, 0.3) is 0 Å². The molecule has 0 radical (unpaired) electrons. The van der Waals surface area contributed by atoms with E-state index in [0.29, 0.717) is 6.42 Å². The summed E-state index contributed by atoms with van der Waals surface area (Å²) in [5.41, 5.74) is 6.27. The maximum absolute atomic E-state index is 10.9. The molecule has 0 aliphatic rings. The largest absolute Gasteiger partial charge is 0.324 e. The zero-order valence-corrected chi connectivity index (χ0v) is 7.28. The molecule has 0 unspecified atom stereocenters. The topological polar surface area (TPSA) is 43.1 Å². The summed E-state index contributed by atoms with van der Waals surface area (Å²) in [6.07, 6.45) is 0.487. The minimum Gasteiger partial charge on any atom is -0.324 e. The Labute approximate surface area is 70.0 Å². The predicted octanol–water partition coefficient (Wildman–Crippen LogP) is 1.13. The molecule has 60 valence electrons. The van der Waals surface area contributed by atoms with Gasteiger partial charge in [-0.25, -0.2) is 0 Å². The maximum Gasteiger partial charge on any atom is 0.150 e. The first-order valence-electron chi connectivity index (χ1n) is 3.48. The molecular formula is C8H11NOS. The standard InChI is InChI=1S/C8H11NOS/c1-6-2-7(5-11-6)3-8(10)4-9/h2,5H,3-4,9H2,1H3. The average molecular weight is 169 g/mol. The third-order valence-electron chi connectivity index (χ3n) is 1.41. The molecule has 3 heteroatoms. The van der Waals surface area contributed by atoms with Gasteiger partial charge in [-0.15, -0.1) is 11.3 Å². The van der Waals surface area contributed by atoms with Crippen LogP contribution in [-0.4, -0.2) is 12.3 Å². The lowest BCUT2D eigenvalue weighted by Gasteiger charge is -1.91. The Balaban J connectivity index is 2.57. The number of Topliss-reactive ketones (excluding diaryl/α,β-unsaturated/α-hetero) is 1. The molecule has 1 aromatic rings. The molecule has 0 saturated heterocycles. The Morgan fingerprint density at radius 1 is 1.73 bits per heavy atom. The minimum atomic E-state index is 0.0998. The molecule has 1 aromatic heterocycles. The summed E-state index contributed by atoms with van der Waals surface area (Å²) in [5, 5.41) is 2.00. The quantitative estimate of drug-likeness (QED) is 0.737. The fourth-order valence-electron chi connectivity index (χ4n) is 0.890. The van der Waals surface area contributed by atoms with E-state index < -0.39 is 0 Å². The Morgan fingerprint density at radius 2 is 2.45 bits per heavy atom. The second kappa shape index (κ2) is 3.64. The van der Waals surface area contributed by atoms with Crippen LogP contribution >= 0.6 is 11.3 Å². The molecule has 0 amide bonds. The van der Waals surface area contributed by atoms with Crippen LogP contribution < -0.4 is 5.73 Å². The molecule has 1 heterocycles. The molecule has 0 bridgehead atoms. The lowest BCUT2D eigenvalue weighted by atomic mass is 10.2. The number of aryl methyl sites for hydroxylation is 1. The molecule has 0 fully saturated rings. The molecule has 0 aliphatic carbocycles. The Hall–Kier alpha value is -0.670. The van der Waals surface area contributed by atoms with Crippen molar-refractivity contribution in [2.75, 3.05) is 6.54 Å². The van der Waals surface area contributed by atoms with Gasteiger partial charge in [-0.1, -0.05) is 0 Å². The van der Waals surface area contributed by atoms with Crippen molar-refractivity contribution in [2.24, 2.45) is 5.73 Å². The maximum atomic E-state index is 10.9. The van der Waals surface area contributed by atoms with Crippen LogP contribution in [0, 0.1) is 6.92 Å². The number of thiophene rings is 1. The van der Waals surface area contributed by atoms with Crippen molar-refractivity contribution in [1.82, 2.24) is 0 Å². The molecule has 2 nitrogen and oxygen atoms in total. The smallest absolute Gasteiger partial charge is 0.150 e. The van der Waals surface area contributed by atoms with Gasteiger partial charge in [0.05, 0.1) is 6.54 Å². The fourth-order valence-corrected chi connectivity index (χ4v) is 1.60. The summed E-state index contributed by atoms with van der Waals surface area (Å²) in [5.74, 6) is 0.0998. The lowest BCUT2D eigenvalue weighted by molar-refractivity contribution is -0.117. The highest BCUT2D eigenvalue weighted by molar-refractivity contribution is 7.10. The highest BCUT2D eigenvalue weighted by atomic mass is 32.1. The van der Waals surface area contributed by atoms with Gasteiger partial charge in [0.15, 0.2) is 5.78 Å². The van der Waals surface area contributed by atoms with E-state index in [4.69, 9.17) is 5.73 Å². The number of ketones is 1. The van der Waals surface area contributed by atoms with Gasteiger partial charge in [-0.3, -0.25) is 4.79 Å². The van der Waals surface area contributed by atoms with Gasteiger partial charge >= 0.3 is 0 Å². The minimum absolute atomic E-state index is 0.0998. The van der Waals surface area contributed by atoms with Gasteiger partial charge < -0.3 is 5.73 Å². The van der Waals surface area contributed by atoms with Crippen molar-refractivity contribution in [1.29, 1.82) is 0 Å². The number of carbonyl (C=O) groups excluding carboxylic acids is 1. The SMILES string of the molecule is Cc1cc(CC(=O)CN)cs1. The van der Waals surface area contributed by atoms with Crippen molar-refractivity contribution in [3.05, 3.63) is 21.9 Å². The second-order valence-electron chi connectivity index (χ2n) is 2.49. The summed E-state index contributed by atoms with van der Waals surface area (Å²) in [6, 6.07) is 2.03. The summed E-state index contributed by atoms with van der Waals surface area (Å²) >= 11 is 1.66. The highest BCUT2D eigenvalue weighted by Crippen LogP contribution is 2.13. The van der Waals surface area contributed by atoms with Crippen LogP contribution in [0.4, 0.5) is 0 Å². The predicted molar refractivity (Wildman–Crippen MR) is 46.8 cm³/mol. The zero-order chi connectivity index (χ0) is 8.27. The van der Waals surface area contributed by atoms with E-state index in [1.165, 1.54) is 4.88 Å². The number of hydrogen-bond donors (Lipinski definition) is 1. The number of rotatable bonds is 3.